The number of nitrogens with two attached hydrogens (primary N) is 1. The maximum Gasteiger partial charge on any atom is 0.320 e. The Labute approximate surface area is 75.6 Å². The lowest BCUT2D eigenvalue weighted by molar-refractivity contribution is -0.138. The van der Waals surface area contributed by atoms with Crippen LogP contribution in [0.5, 0.6) is 5.75 Å². The van der Waals surface area contributed by atoms with Crippen molar-refractivity contribution in [1.29, 1.82) is 0 Å². The molecule has 1 rings (SSSR count). The molecule has 0 fully saturated rings. The highest BCUT2D eigenvalue weighted by molar-refractivity contribution is 5.73. The summed E-state index contributed by atoms with van der Waals surface area (Å²) < 4.78 is 0. The molecule has 0 unspecified atom stereocenters. The molecule has 1 aromatic rings. The van der Waals surface area contributed by atoms with Crippen LogP contribution >= 0.6 is 0 Å². The molecule has 1 atom stereocenters. The Hall–Kier alpha value is -1.55. The van der Waals surface area contributed by atoms with Gasteiger partial charge in [-0.25, -0.2) is 0 Å². The number of carboxylic acids is 1. The molecular weight excluding hydrogens is 170 g/mol. The van der Waals surface area contributed by atoms with Crippen molar-refractivity contribution in [3.05, 3.63) is 29.8 Å². The quantitative estimate of drug-likeness (QED) is 0.628. The number of carboxylic acid groups (broad SMARTS) is 1. The van der Waals surface area contributed by atoms with Crippen LogP contribution in [0.2, 0.25) is 0 Å². The Kier molecular flexibility index (Phi) is 2.87. The van der Waals surface area contributed by atoms with Gasteiger partial charge in [-0.3, -0.25) is 4.79 Å². The molecule has 4 N–H and O–H groups in total. The highest BCUT2D eigenvalue weighted by atomic mass is 16.4. The molecule has 0 amide bonds. The molecule has 0 saturated carbocycles. The third-order valence-electron chi connectivity index (χ3n) is 1.68. The van der Waals surface area contributed by atoms with Gasteiger partial charge in [0.2, 0.25) is 0 Å². The minimum absolute atomic E-state index is 0.120. The average Bonchev–Trinajstić information content (AvgIpc) is 2.04. The lowest BCUT2D eigenvalue weighted by atomic mass is 10.1. The topological polar surface area (TPSA) is 83.5 Å². The summed E-state index contributed by atoms with van der Waals surface area (Å²) in [4.78, 5) is 10.4. The van der Waals surface area contributed by atoms with Gasteiger partial charge in [-0.15, -0.1) is 0 Å². The molecular formula is C9H11NO3. The van der Waals surface area contributed by atoms with Gasteiger partial charge in [-0.1, -0.05) is 12.1 Å². The maximum atomic E-state index is 10.4. The van der Waals surface area contributed by atoms with Crippen LogP contribution in [0.15, 0.2) is 24.3 Å². The lowest BCUT2D eigenvalue weighted by Gasteiger charge is -2.05. The van der Waals surface area contributed by atoms with Gasteiger partial charge in [0, 0.05) is 0 Å². The van der Waals surface area contributed by atoms with E-state index in [1.54, 1.807) is 12.1 Å². The lowest BCUT2D eigenvalue weighted by Crippen LogP contribution is -2.32. The fourth-order valence-electron chi connectivity index (χ4n) is 1.02. The summed E-state index contributed by atoms with van der Waals surface area (Å²) in [5.74, 6) is -0.918. The van der Waals surface area contributed by atoms with Gasteiger partial charge in [0.25, 0.3) is 0 Å². The summed E-state index contributed by atoms with van der Waals surface area (Å²) in [6.45, 7) is 0. The van der Waals surface area contributed by atoms with Crippen molar-refractivity contribution >= 4 is 5.97 Å². The number of hydrogen-bond acceptors (Lipinski definition) is 3. The number of phenols is 1. The average molecular weight is 181 g/mol. The fourth-order valence-corrected chi connectivity index (χ4v) is 1.02. The first-order chi connectivity index (χ1) is 6.09. The molecule has 0 saturated heterocycles. The van der Waals surface area contributed by atoms with E-state index in [0.717, 1.165) is 5.56 Å². The Balaban J connectivity index is 2.69. The van der Waals surface area contributed by atoms with Crippen molar-refractivity contribution in [2.75, 3.05) is 0 Å². The standard InChI is InChI=1S/C9H11NO3/c10-8(9(12)13)5-6-2-1-3-7(11)4-6/h1-4,8,11H,5,10H2,(H,12,13)/t8-/m1/s1. The Morgan fingerprint density at radius 2 is 2.23 bits per heavy atom. The number of hydrogen-bond donors (Lipinski definition) is 3. The van der Waals surface area contributed by atoms with E-state index in [0.29, 0.717) is 0 Å². The number of benzene rings is 1. The molecule has 0 aromatic heterocycles. The molecule has 70 valence electrons. The number of aromatic hydroxyl groups is 1. The first-order valence-corrected chi connectivity index (χ1v) is 3.86. The minimum atomic E-state index is -1.04. The molecule has 0 aliphatic carbocycles. The molecule has 1 aromatic carbocycles. The van der Waals surface area contributed by atoms with Crippen LogP contribution < -0.4 is 5.73 Å². The molecule has 0 aliphatic heterocycles. The second-order valence-electron chi connectivity index (χ2n) is 2.82. The fraction of sp³-hybridized carbons (Fsp3) is 0.222. The number of aliphatic carboxylic acids is 1. The summed E-state index contributed by atoms with van der Waals surface area (Å²) in [5.41, 5.74) is 6.03. The Morgan fingerprint density at radius 3 is 2.77 bits per heavy atom. The van der Waals surface area contributed by atoms with Crippen molar-refractivity contribution in [2.45, 2.75) is 12.5 Å². The molecule has 0 spiro atoms. The van der Waals surface area contributed by atoms with E-state index in [9.17, 15) is 4.79 Å². The van der Waals surface area contributed by atoms with Gasteiger partial charge in [-0.2, -0.15) is 0 Å². The third kappa shape index (κ3) is 2.76. The van der Waals surface area contributed by atoms with Gasteiger partial charge in [-0.05, 0) is 24.1 Å². The summed E-state index contributed by atoms with van der Waals surface area (Å²) in [5, 5.41) is 17.6. The zero-order valence-electron chi connectivity index (χ0n) is 6.97. The zero-order chi connectivity index (χ0) is 9.84. The SMILES string of the molecule is N[C@H](Cc1cccc(O)c1)C(=O)O. The second kappa shape index (κ2) is 3.91. The number of rotatable bonds is 3. The van der Waals surface area contributed by atoms with E-state index in [-0.39, 0.29) is 12.2 Å². The second-order valence-corrected chi connectivity index (χ2v) is 2.82. The summed E-state index contributed by atoms with van der Waals surface area (Å²) in [6, 6.07) is 5.49. The van der Waals surface area contributed by atoms with Crippen molar-refractivity contribution in [2.24, 2.45) is 5.73 Å². The molecule has 13 heavy (non-hydrogen) atoms. The normalized spacial score (nSPS) is 12.4. The molecule has 0 aliphatic rings. The van der Waals surface area contributed by atoms with Crippen LogP contribution in [0, 0.1) is 0 Å². The molecule has 4 nitrogen and oxygen atoms in total. The van der Waals surface area contributed by atoms with Gasteiger partial charge in [0.1, 0.15) is 11.8 Å². The maximum absolute atomic E-state index is 10.4. The zero-order valence-corrected chi connectivity index (χ0v) is 6.97. The van der Waals surface area contributed by atoms with E-state index in [4.69, 9.17) is 15.9 Å². The molecule has 4 heteroatoms. The van der Waals surface area contributed by atoms with Gasteiger partial charge in [0.05, 0.1) is 0 Å². The first kappa shape index (κ1) is 9.54. The first-order valence-electron chi connectivity index (χ1n) is 3.86. The highest BCUT2D eigenvalue weighted by Gasteiger charge is 2.11. The smallest absolute Gasteiger partial charge is 0.320 e. The predicted octanol–water partition coefficient (Wildman–Crippen LogP) is 0.347. The number of phenolic OH excluding ortho intramolecular Hbond substituents is 1. The van der Waals surface area contributed by atoms with Crippen LogP contribution in [-0.2, 0) is 11.2 Å². The van der Waals surface area contributed by atoms with E-state index in [2.05, 4.69) is 0 Å². The summed E-state index contributed by atoms with van der Waals surface area (Å²) >= 11 is 0. The molecule has 0 radical (unpaired) electrons. The largest absolute Gasteiger partial charge is 0.508 e. The van der Waals surface area contributed by atoms with E-state index in [1.807, 2.05) is 0 Å². The van der Waals surface area contributed by atoms with Crippen molar-refractivity contribution in [3.8, 4) is 5.75 Å². The van der Waals surface area contributed by atoms with Crippen molar-refractivity contribution < 1.29 is 15.0 Å². The van der Waals surface area contributed by atoms with Gasteiger partial charge >= 0.3 is 5.97 Å². The van der Waals surface area contributed by atoms with Gasteiger partial charge < -0.3 is 15.9 Å². The van der Waals surface area contributed by atoms with Crippen LogP contribution in [0.3, 0.4) is 0 Å². The van der Waals surface area contributed by atoms with E-state index >= 15 is 0 Å². The number of carbonyl (C=O) groups is 1. The minimum Gasteiger partial charge on any atom is -0.508 e. The van der Waals surface area contributed by atoms with Crippen LogP contribution in [0.25, 0.3) is 0 Å². The predicted molar refractivity (Wildman–Crippen MR) is 47.4 cm³/mol. The Bertz CT molecular complexity index is 311. The molecule has 0 heterocycles. The highest BCUT2D eigenvalue weighted by Crippen LogP contribution is 2.11. The Morgan fingerprint density at radius 1 is 1.54 bits per heavy atom. The summed E-state index contributed by atoms with van der Waals surface area (Å²) in [7, 11) is 0. The van der Waals surface area contributed by atoms with E-state index in [1.165, 1.54) is 12.1 Å². The van der Waals surface area contributed by atoms with Gasteiger partial charge in [0.15, 0.2) is 0 Å². The van der Waals surface area contributed by atoms with E-state index < -0.39 is 12.0 Å². The van der Waals surface area contributed by atoms with Crippen LogP contribution in [0.4, 0.5) is 0 Å². The summed E-state index contributed by atoms with van der Waals surface area (Å²) in [6.07, 6.45) is 0.226. The van der Waals surface area contributed by atoms with Crippen LogP contribution in [-0.4, -0.2) is 22.2 Å². The molecule has 0 bridgehead atoms. The van der Waals surface area contributed by atoms with Crippen molar-refractivity contribution in [3.63, 3.8) is 0 Å². The van der Waals surface area contributed by atoms with Crippen molar-refractivity contribution in [1.82, 2.24) is 0 Å². The van der Waals surface area contributed by atoms with Crippen LogP contribution in [0.1, 0.15) is 5.56 Å². The third-order valence-corrected chi connectivity index (χ3v) is 1.68. The monoisotopic (exact) mass is 181 g/mol.